The highest BCUT2D eigenvalue weighted by Crippen LogP contribution is 2.36. The summed E-state index contributed by atoms with van der Waals surface area (Å²) in [7, 11) is -3.73. The van der Waals surface area contributed by atoms with Crippen molar-refractivity contribution in [3.8, 4) is 0 Å². The zero-order valence-corrected chi connectivity index (χ0v) is 9.87. The Hall–Kier alpha value is -1.43. The van der Waals surface area contributed by atoms with Gasteiger partial charge in [0.2, 0.25) is 0 Å². The second-order valence-electron chi connectivity index (χ2n) is 4.13. The van der Waals surface area contributed by atoms with Gasteiger partial charge in [-0.25, -0.2) is 12.8 Å². The molecule has 0 amide bonds. The molecule has 0 saturated carbocycles. The topological polar surface area (TPSA) is 71.4 Å². The fraction of sp³-hybridized carbons (Fsp3) is 0.364. The van der Waals surface area contributed by atoms with Gasteiger partial charge >= 0.3 is 5.97 Å². The number of benzene rings is 1. The maximum Gasteiger partial charge on any atom is 0.307 e. The van der Waals surface area contributed by atoms with Crippen LogP contribution in [0.25, 0.3) is 0 Å². The Labute approximate surface area is 98.0 Å². The van der Waals surface area contributed by atoms with Gasteiger partial charge in [-0.05, 0) is 18.6 Å². The molecule has 1 aromatic carbocycles. The smallest absolute Gasteiger partial charge is 0.307 e. The maximum atomic E-state index is 13.5. The molecule has 1 N–H and O–H groups in total. The molecule has 0 saturated heterocycles. The van der Waals surface area contributed by atoms with Crippen LogP contribution in [0, 0.1) is 11.7 Å². The minimum Gasteiger partial charge on any atom is -0.481 e. The van der Waals surface area contributed by atoms with E-state index >= 15 is 0 Å². The summed E-state index contributed by atoms with van der Waals surface area (Å²) in [6, 6.07) is 3.82. The molecule has 92 valence electrons. The lowest BCUT2D eigenvalue weighted by atomic mass is 10.0. The van der Waals surface area contributed by atoms with E-state index in [1.807, 2.05) is 0 Å². The summed E-state index contributed by atoms with van der Waals surface area (Å²) < 4.78 is 37.6. The Morgan fingerprint density at radius 3 is 2.71 bits per heavy atom. The molecule has 1 heterocycles. The Bertz CT molecular complexity index is 579. The van der Waals surface area contributed by atoms with Gasteiger partial charge in [-0.2, -0.15) is 0 Å². The van der Waals surface area contributed by atoms with Crippen LogP contribution in [0.2, 0.25) is 0 Å². The predicted molar refractivity (Wildman–Crippen MR) is 57.9 cm³/mol. The Kier molecular flexibility index (Phi) is 2.69. The number of carboxylic acids is 1. The van der Waals surface area contributed by atoms with E-state index in [1.165, 1.54) is 25.1 Å². The highest BCUT2D eigenvalue weighted by molar-refractivity contribution is 7.92. The van der Waals surface area contributed by atoms with Crippen molar-refractivity contribution in [2.24, 2.45) is 5.92 Å². The summed E-state index contributed by atoms with van der Waals surface area (Å²) in [6.07, 6.45) is -0.0716. The van der Waals surface area contributed by atoms with Gasteiger partial charge in [-0.3, -0.25) is 4.79 Å². The van der Waals surface area contributed by atoms with Gasteiger partial charge in [0.05, 0.1) is 16.1 Å². The van der Waals surface area contributed by atoms with E-state index in [0.29, 0.717) is 0 Å². The Balaban J connectivity index is 2.54. The number of sulfone groups is 1. The molecule has 1 aliphatic rings. The quantitative estimate of drug-likeness (QED) is 0.866. The molecule has 4 nitrogen and oxygen atoms in total. The third-order valence-corrected chi connectivity index (χ3v) is 5.50. The van der Waals surface area contributed by atoms with Crippen LogP contribution < -0.4 is 0 Å². The molecule has 2 rings (SSSR count). The Morgan fingerprint density at radius 2 is 2.18 bits per heavy atom. The summed E-state index contributed by atoms with van der Waals surface area (Å²) >= 11 is 0. The molecule has 0 radical (unpaired) electrons. The largest absolute Gasteiger partial charge is 0.481 e. The molecule has 2 atom stereocenters. The van der Waals surface area contributed by atoms with Crippen molar-refractivity contribution in [3.05, 3.63) is 29.6 Å². The first-order chi connectivity index (χ1) is 7.85. The lowest BCUT2D eigenvalue weighted by Gasteiger charge is -2.13. The van der Waals surface area contributed by atoms with Gasteiger partial charge in [0.1, 0.15) is 5.82 Å². The van der Waals surface area contributed by atoms with Crippen LogP contribution >= 0.6 is 0 Å². The number of halogens is 1. The van der Waals surface area contributed by atoms with E-state index in [1.54, 1.807) is 0 Å². The number of aliphatic carboxylic acids is 1. The number of rotatable bonds is 2. The van der Waals surface area contributed by atoms with Crippen LogP contribution in [-0.4, -0.2) is 24.7 Å². The average Bonchev–Trinajstić information content (AvgIpc) is 2.51. The van der Waals surface area contributed by atoms with Crippen molar-refractivity contribution in [1.82, 2.24) is 0 Å². The second kappa shape index (κ2) is 3.80. The molecule has 6 heteroatoms. The first-order valence-corrected chi connectivity index (χ1v) is 6.64. The zero-order chi connectivity index (χ0) is 12.8. The molecular weight excluding hydrogens is 247 g/mol. The lowest BCUT2D eigenvalue weighted by molar-refractivity contribution is -0.141. The second-order valence-corrected chi connectivity index (χ2v) is 6.27. The van der Waals surface area contributed by atoms with Crippen LogP contribution in [0.1, 0.15) is 12.5 Å². The van der Waals surface area contributed by atoms with Crippen molar-refractivity contribution in [2.45, 2.75) is 23.5 Å². The standard InChI is InChI=1S/C11H11FO4S/c1-6(11(13)14)10-5-7-8(12)3-2-4-9(7)17(10,15)16/h2-4,6,10H,5H2,1H3,(H,13,14). The van der Waals surface area contributed by atoms with E-state index in [2.05, 4.69) is 0 Å². The summed E-state index contributed by atoms with van der Waals surface area (Å²) in [4.78, 5) is 10.8. The summed E-state index contributed by atoms with van der Waals surface area (Å²) in [6.45, 7) is 1.33. The van der Waals surface area contributed by atoms with Crippen molar-refractivity contribution in [2.75, 3.05) is 0 Å². The maximum absolute atomic E-state index is 13.5. The molecule has 2 unspecified atom stereocenters. The van der Waals surface area contributed by atoms with Crippen LogP contribution in [0.4, 0.5) is 4.39 Å². The van der Waals surface area contributed by atoms with Crippen molar-refractivity contribution < 1.29 is 22.7 Å². The number of fused-ring (bicyclic) bond motifs is 1. The SMILES string of the molecule is CC(C(=O)O)C1Cc2c(F)cccc2S1(=O)=O. The highest BCUT2D eigenvalue weighted by atomic mass is 32.2. The molecule has 1 aliphatic heterocycles. The number of carbonyl (C=O) groups is 1. The third-order valence-electron chi connectivity index (χ3n) is 3.13. The lowest BCUT2D eigenvalue weighted by Crippen LogP contribution is -2.30. The van der Waals surface area contributed by atoms with Gasteiger partial charge in [0.15, 0.2) is 9.84 Å². The fourth-order valence-corrected chi connectivity index (χ4v) is 4.24. The first-order valence-electron chi connectivity index (χ1n) is 5.10. The molecule has 17 heavy (non-hydrogen) atoms. The molecule has 1 aromatic rings. The highest BCUT2D eigenvalue weighted by Gasteiger charge is 2.43. The number of carboxylic acid groups (broad SMARTS) is 1. The van der Waals surface area contributed by atoms with Gasteiger partial charge in [0, 0.05) is 5.56 Å². The summed E-state index contributed by atoms with van der Waals surface area (Å²) in [5.41, 5.74) is 0.102. The van der Waals surface area contributed by atoms with E-state index in [4.69, 9.17) is 5.11 Å². The van der Waals surface area contributed by atoms with Crippen LogP contribution in [-0.2, 0) is 21.1 Å². The fourth-order valence-electron chi connectivity index (χ4n) is 2.08. The average molecular weight is 258 g/mol. The van der Waals surface area contributed by atoms with Gasteiger partial charge in [-0.1, -0.05) is 13.0 Å². The predicted octanol–water partition coefficient (Wildman–Crippen LogP) is 1.24. The minimum atomic E-state index is -3.73. The van der Waals surface area contributed by atoms with Gasteiger partial charge in [0.25, 0.3) is 0 Å². The van der Waals surface area contributed by atoms with Crippen LogP contribution in [0.15, 0.2) is 23.1 Å². The molecule has 0 fully saturated rings. The number of hydrogen-bond donors (Lipinski definition) is 1. The minimum absolute atomic E-state index is 0.0716. The third kappa shape index (κ3) is 1.72. The number of hydrogen-bond acceptors (Lipinski definition) is 3. The van der Waals surface area contributed by atoms with Crippen molar-refractivity contribution >= 4 is 15.8 Å². The van der Waals surface area contributed by atoms with E-state index in [9.17, 15) is 17.6 Å². The van der Waals surface area contributed by atoms with Crippen molar-refractivity contribution in [1.29, 1.82) is 0 Å². The monoisotopic (exact) mass is 258 g/mol. The van der Waals surface area contributed by atoms with E-state index in [-0.39, 0.29) is 16.9 Å². The van der Waals surface area contributed by atoms with Crippen molar-refractivity contribution in [3.63, 3.8) is 0 Å². The van der Waals surface area contributed by atoms with Gasteiger partial charge < -0.3 is 5.11 Å². The van der Waals surface area contributed by atoms with Gasteiger partial charge in [-0.15, -0.1) is 0 Å². The molecule has 0 aliphatic carbocycles. The molecule has 0 bridgehead atoms. The zero-order valence-electron chi connectivity index (χ0n) is 9.05. The van der Waals surface area contributed by atoms with E-state index in [0.717, 1.165) is 0 Å². The van der Waals surface area contributed by atoms with E-state index < -0.39 is 32.8 Å². The summed E-state index contributed by atoms with van der Waals surface area (Å²) in [5.74, 6) is -2.83. The molecule has 0 spiro atoms. The normalized spacial score (nSPS) is 23.1. The summed E-state index contributed by atoms with van der Waals surface area (Å²) in [5, 5.41) is 7.79. The molecule has 0 aromatic heterocycles. The molecular formula is C11H11FO4S. The first kappa shape index (κ1) is 12.0. The van der Waals surface area contributed by atoms with Crippen LogP contribution in [0.3, 0.4) is 0 Å². The van der Waals surface area contributed by atoms with Crippen LogP contribution in [0.5, 0.6) is 0 Å². The Morgan fingerprint density at radius 1 is 1.53 bits per heavy atom.